The number of ether oxygens (including phenoxy) is 2. The molecule has 166 valence electrons. The maximum Gasteiger partial charge on any atom is 0.229 e. The minimum absolute atomic E-state index is 0.0502. The van der Waals surface area contributed by atoms with Crippen molar-refractivity contribution >= 4 is 17.5 Å². The fraction of sp³-hybridized carbons (Fsp3) is 0.360. The molecule has 2 aromatic rings. The Morgan fingerprint density at radius 2 is 2.03 bits per heavy atom. The molecule has 1 aromatic carbocycles. The lowest BCUT2D eigenvalue weighted by molar-refractivity contribution is 0.0256. The molecule has 0 radical (unpaired) electrons. The number of hydrogen-bond donors (Lipinski definition) is 3. The average Bonchev–Trinajstić information content (AvgIpc) is 3.08. The standard InChI is InChI=1S/C25H29N5O2/c1-17-14-18-15-20(6-10-25(18,2)30-17)27-23-7-11-26-24(29-23)28-19-4-3-5-22(16-19)32-21-8-12-31-13-9-21/h3-7,10-11,14-16,18,21,30H,8-9,12-13H2,1-2H3,(H2,26,27,28,29). The van der Waals surface area contributed by atoms with Crippen LogP contribution in [0, 0.1) is 5.92 Å². The molecule has 1 aromatic heterocycles. The number of rotatable bonds is 6. The quantitative estimate of drug-likeness (QED) is 0.620. The molecule has 3 aliphatic rings. The Morgan fingerprint density at radius 1 is 1.16 bits per heavy atom. The summed E-state index contributed by atoms with van der Waals surface area (Å²) in [6.45, 7) is 5.83. The van der Waals surface area contributed by atoms with Gasteiger partial charge in [0.1, 0.15) is 17.7 Å². The van der Waals surface area contributed by atoms with Crippen molar-refractivity contribution in [2.75, 3.05) is 23.8 Å². The minimum Gasteiger partial charge on any atom is -0.490 e. The third-order valence-electron chi connectivity index (χ3n) is 6.05. The third kappa shape index (κ3) is 4.62. The number of nitrogens with zero attached hydrogens (tertiary/aromatic N) is 2. The molecule has 0 saturated carbocycles. The highest BCUT2D eigenvalue weighted by Gasteiger charge is 2.35. The number of benzene rings is 1. The summed E-state index contributed by atoms with van der Waals surface area (Å²) >= 11 is 0. The van der Waals surface area contributed by atoms with Crippen LogP contribution in [0.3, 0.4) is 0 Å². The van der Waals surface area contributed by atoms with E-state index < -0.39 is 0 Å². The molecule has 0 spiro atoms. The normalized spacial score (nSPS) is 24.8. The topological polar surface area (TPSA) is 80.3 Å². The van der Waals surface area contributed by atoms with Crippen molar-refractivity contribution in [3.63, 3.8) is 0 Å². The van der Waals surface area contributed by atoms with Gasteiger partial charge < -0.3 is 25.4 Å². The lowest BCUT2D eigenvalue weighted by Crippen LogP contribution is -2.41. The van der Waals surface area contributed by atoms with Crippen LogP contribution < -0.4 is 20.7 Å². The Labute approximate surface area is 188 Å². The zero-order valence-electron chi connectivity index (χ0n) is 18.5. The van der Waals surface area contributed by atoms with Gasteiger partial charge in [-0.25, -0.2) is 4.98 Å². The molecule has 3 heterocycles. The zero-order chi connectivity index (χ0) is 22.0. The number of hydrogen-bond acceptors (Lipinski definition) is 7. The first-order chi connectivity index (χ1) is 15.6. The molecule has 7 heteroatoms. The number of aromatic nitrogens is 2. The van der Waals surface area contributed by atoms with E-state index in [1.165, 1.54) is 5.70 Å². The highest BCUT2D eigenvalue weighted by Crippen LogP contribution is 2.34. The molecule has 7 nitrogen and oxygen atoms in total. The number of fused-ring (bicyclic) bond motifs is 1. The van der Waals surface area contributed by atoms with Gasteiger partial charge in [0.15, 0.2) is 0 Å². The van der Waals surface area contributed by atoms with Crippen LogP contribution in [-0.4, -0.2) is 34.8 Å². The van der Waals surface area contributed by atoms with E-state index in [4.69, 9.17) is 9.47 Å². The molecule has 1 fully saturated rings. The summed E-state index contributed by atoms with van der Waals surface area (Å²) in [6, 6.07) is 9.78. The van der Waals surface area contributed by atoms with Crippen molar-refractivity contribution in [1.29, 1.82) is 0 Å². The van der Waals surface area contributed by atoms with Gasteiger partial charge in [-0.1, -0.05) is 24.3 Å². The highest BCUT2D eigenvalue weighted by molar-refractivity contribution is 5.58. The van der Waals surface area contributed by atoms with Crippen LogP contribution in [0.1, 0.15) is 26.7 Å². The van der Waals surface area contributed by atoms with Crippen LogP contribution in [0.5, 0.6) is 5.75 Å². The maximum atomic E-state index is 6.11. The van der Waals surface area contributed by atoms with Crippen LogP contribution in [-0.2, 0) is 4.74 Å². The van der Waals surface area contributed by atoms with E-state index in [-0.39, 0.29) is 11.6 Å². The second-order valence-electron chi connectivity index (χ2n) is 8.71. The fourth-order valence-electron chi connectivity index (χ4n) is 4.36. The number of anilines is 3. The highest BCUT2D eigenvalue weighted by atomic mass is 16.5. The summed E-state index contributed by atoms with van der Waals surface area (Å²) in [5.74, 6) is 2.42. The van der Waals surface area contributed by atoms with Crippen molar-refractivity contribution in [2.24, 2.45) is 5.92 Å². The fourth-order valence-corrected chi connectivity index (χ4v) is 4.36. The first-order valence-corrected chi connectivity index (χ1v) is 11.1. The second kappa shape index (κ2) is 8.67. The Morgan fingerprint density at radius 3 is 2.91 bits per heavy atom. The van der Waals surface area contributed by atoms with Gasteiger partial charge in [0, 0.05) is 48.1 Å². The molecule has 3 N–H and O–H groups in total. The molecular weight excluding hydrogens is 402 g/mol. The second-order valence-corrected chi connectivity index (χ2v) is 8.71. The Bertz CT molecular complexity index is 1070. The van der Waals surface area contributed by atoms with Crippen molar-refractivity contribution in [3.8, 4) is 5.75 Å². The van der Waals surface area contributed by atoms with Crippen molar-refractivity contribution in [2.45, 2.75) is 38.3 Å². The minimum atomic E-state index is -0.0502. The maximum absolute atomic E-state index is 6.11. The molecule has 2 atom stereocenters. The summed E-state index contributed by atoms with van der Waals surface area (Å²) in [7, 11) is 0. The van der Waals surface area contributed by atoms with Gasteiger partial charge >= 0.3 is 0 Å². The van der Waals surface area contributed by atoms with E-state index in [0.29, 0.717) is 11.9 Å². The van der Waals surface area contributed by atoms with E-state index in [0.717, 1.165) is 49.0 Å². The van der Waals surface area contributed by atoms with E-state index in [9.17, 15) is 0 Å². The van der Waals surface area contributed by atoms with Crippen LogP contribution in [0.4, 0.5) is 17.5 Å². The van der Waals surface area contributed by atoms with E-state index >= 15 is 0 Å². The predicted molar refractivity (Wildman–Crippen MR) is 126 cm³/mol. The molecule has 1 saturated heterocycles. The molecule has 0 bridgehead atoms. The number of allylic oxidation sites excluding steroid dienone is 2. The van der Waals surface area contributed by atoms with Crippen LogP contribution >= 0.6 is 0 Å². The molecule has 0 amide bonds. The van der Waals surface area contributed by atoms with Gasteiger partial charge in [0.05, 0.1) is 18.8 Å². The Hall–Kier alpha value is -3.32. The lowest BCUT2D eigenvalue weighted by Gasteiger charge is -2.31. The van der Waals surface area contributed by atoms with Crippen molar-refractivity contribution < 1.29 is 9.47 Å². The lowest BCUT2D eigenvalue weighted by atomic mass is 9.83. The first-order valence-electron chi connectivity index (χ1n) is 11.1. The third-order valence-corrected chi connectivity index (χ3v) is 6.05. The smallest absolute Gasteiger partial charge is 0.229 e. The Balaban J connectivity index is 1.25. The molecule has 32 heavy (non-hydrogen) atoms. The van der Waals surface area contributed by atoms with Crippen LogP contribution in [0.15, 0.2) is 72.2 Å². The van der Waals surface area contributed by atoms with E-state index in [2.05, 4.69) is 64.1 Å². The summed E-state index contributed by atoms with van der Waals surface area (Å²) in [6.07, 6.45) is 12.6. The molecule has 5 rings (SSSR count). The Kier molecular flexibility index (Phi) is 5.57. The van der Waals surface area contributed by atoms with Gasteiger partial charge in [-0.2, -0.15) is 4.98 Å². The van der Waals surface area contributed by atoms with Crippen molar-refractivity contribution in [3.05, 3.63) is 72.2 Å². The monoisotopic (exact) mass is 431 g/mol. The summed E-state index contributed by atoms with van der Waals surface area (Å²) in [5.41, 5.74) is 3.07. The molecule has 2 unspecified atom stereocenters. The van der Waals surface area contributed by atoms with Gasteiger partial charge in [0.2, 0.25) is 5.95 Å². The van der Waals surface area contributed by atoms with E-state index in [1.54, 1.807) is 6.20 Å². The SMILES string of the molecule is CC1=CC2C=C(Nc3ccnc(Nc4cccc(OC5CCOCC5)c4)n3)C=CC2(C)N1. The summed E-state index contributed by atoms with van der Waals surface area (Å²) in [4.78, 5) is 9.00. The first kappa shape index (κ1) is 20.6. The predicted octanol–water partition coefficient (Wildman–Crippen LogP) is 4.53. The van der Waals surface area contributed by atoms with E-state index in [1.807, 2.05) is 30.3 Å². The van der Waals surface area contributed by atoms with Gasteiger partial charge in [-0.15, -0.1) is 0 Å². The largest absolute Gasteiger partial charge is 0.490 e. The zero-order valence-corrected chi connectivity index (χ0v) is 18.5. The molecule has 1 aliphatic carbocycles. The average molecular weight is 432 g/mol. The van der Waals surface area contributed by atoms with Crippen molar-refractivity contribution in [1.82, 2.24) is 15.3 Å². The van der Waals surface area contributed by atoms with Gasteiger partial charge in [0.25, 0.3) is 0 Å². The summed E-state index contributed by atoms with van der Waals surface area (Å²) in [5, 5.41) is 10.2. The molecule has 2 aliphatic heterocycles. The van der Waals surface area contributed by atoms with Gasteiger partial charge in [-0.3, -0.25) is 0 Å². The molecular formula is C25H29N5O2. The van der Waals surface area contributed by atoms with Crippen LogP contribution in [0.2, 0.25) is 0 Å². The number of nitrogens with one attached hydrogen (secondary N) is 3. The van der Waals surface area contributed by atoms with Gasteiger partial charge in [-0.05, 0) is 38.1 Å². The van der Waals surface area contributed by atoms with Crippen LogP contribution in [0.25, 0.3) is 0 Å². The summed E-state index contributed by atoms with van der Waals surface area (Å²) < 4.78 is 11.5.